The van der Waals surface area contributed by atoms with Gasteiger partial charge in [-0.15, -0.1) is 0 Å². The van der Waals surface area contributed by atoms with Crippen molar-refractivity contribution < 1.29 is 4.42 Å². The summed E-state index contributed by atoms with van der Waals surface area (Å²) in [7, 11) is -1.12. The summed E-state index contributed by atoms with van der Waals surface area (Å²) in [5.41, 5.74) is 1.97. The quantitative estimate of drug-likeness (QED) is 0.652. The average Bonchev–Trinajstić information content (AvgIpc) is 2.89. The maximum atomic E-state index is 5.71. The fourth-order valence-electron chi connectivity index (χ4n) is 2.06. The van der Waals surface area contributed by atoms with Crippen LogP contribution in [0.2, 0.25) is 0 Å². The highest BCUT2D eigenvalue weighted by Crippen LogP contribution is 2.71. The molecule has 1 aromatic heterocycles. The highest BCUT2D eigenvalue weighted by molar-refractivity contribution is 8.38. The summed E-state index contributed by atoms with van der Waals surface area (Å²) < 4.78 is 5.71. The van der Waals surface area contributed by atoms with Crippen LogP contribution in [-0.2, 0) is 0 Å². The first kappa shape index (κ1) is 6.90. The van der Waals surface area contributed by atoms with Crippen molar-refractivity contribution in [3.63, 3.8) is 0 Å². The normalized spacial score (nSPS) is 21.7. The molecule has 1 aromatic carbocycles. The predicted molar refractivity (Wildman–Crippen MR) is 56.4 cm³/mol. The Morgan fingerprint density at radius 2 is 2.00 bits per heavy atom. The summed E-state index contributed by atoms with van der Waals surface area (Å²) in [6.45, 7) is 0. The lowest BCUT2D eigenvalue weighted by Gasteiger charge is -2.26. The van der Waals surface area contributed by atoms with Crippen LogP contribution in [0.3, 0.4) is 0 Å². The lowest BCUT2D eigenvalue weighted by molar-refractivity contribution is 0.486. The van der Waals surface area contributed by atoms with E-state index in [9.17, 15) is 0 Å². The van der Waals surface area contributed by atoms with Gasteiger partial charge in [-0.05, 0) is 22.9 Å². The Morgan fingerprint density at radius 3 is 2.86 bits per heavy atom. The Labute approximate surface area is 82.3 Å². The molecule has 2 aliphatic rings. The summed E-state index contributed by atoms with van der Waals surface area (Å²) in [4.78, 5) is 5.84. The zero-order valence-electron chi connectivity index (χ0n) is 7.31. The fourth-order valence-corrected chi connectivity index (χ4v) is 4.78. The van der Waals surface area contributed by atoms with Gasteiger partial charge in [0.2, 0.25) is 5.22 Å². The van der Waals surface area contributed by atoms with Crippen molar-refractivity contribution in [2.75, 3.05) is 0 Å². The minimum absolute atomic E-state index is 0.892. The van der Waals surface area contributed by atoms with Gasteiger partial charge in [0, 0.05) is 4.90 Å². The van der Waals surface area contributed by atoms with Crippen LogP contribution in [-0.4, -0.2) is 4.98 Å². The smallest absolute Gasteiger partial charge is 0.250 e. The number of rotatable bonds is 0. The van der Waals surface area contributed by atoms with Crippen molar-refractivity contribution in [1.82, 2.24) is 4.98 Å². The third-order valence-electron chi connectivity index (χ3n) is 2.71. The summed E-state index contributed by atoms with van der Waals surface area (Å²) in [6.07, 6.45) is 4.17. The monoisotopic (exact) mass is 201 g/mol. The molecule has 0 fully saturated rings. The van der Waals surface area contributed by atoms with Crippen molar-refractivity contribution >= 4 is 21.1 Å². The first-order valence-electron chi connectivity index (χ1n) is 4.48. The van der Waals surface area contributed by atoms with Crippen LogP contribution in [0.15, 0.2) is 55.7 Å². The second-order valence-corrected chi connectivity index (χ2v) is 6.20. The lowest BCUT2D eigenvalue weighted by Crippen LogP contribution is -1.91. The molecule has 0 unspecified atom stereocenters. The lowest BCUT2D eigenvalue weighted by atomic mass is 10.3. The van der Waals surface area contributed by atoms with E-state index in [1.54, 1.807) is 0 Å². The number of hydrogen-bond acceptors (Lipinski definition) is 2. The van der Waals surface area contributed by atoms with Gasteiger partial charge in [-0.3, -0.25) is 0 Å². The Kier molecular flexibility index (Phi) is 0.965. The molecule has 3 heterocycles. The van der Waals surface area contributed by atoms with E-state index in [0.29, 0.717) is 0 Å². The second kappa shape index (κ2) is 1.96. The maximum Gasteiger partial charge on any atom is 0.250 e. The van der Waals surface area contributed by atoms with E-state index >= 15 is 0 Å². The molecule has 0 atom stereocenters. The third-order valence-corrected chi connectivity index (χ3v) is 5.70. The molecule has 1 spiro atoms. The number of oxazole rings is 1. The largest absolute Gasteiger partial charge is 0.432 e. The number of nitrogens with zero attached hydrogens (tertiary/aromatic N) is 1. The number of allylic oxidation sites excluding steroid dienone is 2. The SMILES string of the molecule is C1=CS2(C=C1)c1nc3c2cccc3o1. The molecule has 14 heavy (non-hydrogen) atoms. The van der Waals surface area contributed by atoms with Crippen LogP contribution in [0, 0.1) is 0 Å². The maximum absolute atomic E-state index is 5.71. The van der Waals surface area contributed by atoms with Crippen molar-refractivity contribution in [3.05, 3.63) is 41.2 Å². The highest BCUT2D eigenvalue weighted by atomic mass is 32.3. The standard InChI is InChI=1S/C11H7NOS/c1-2-7-14(6-1)9-5-3-4-8-10(9)12-11(14)13-8/h1-7H. The predicted octanol–water partition coefficient (Wildman–Crippen LogP) is 3.40. The first-order chi connectivity index (χ1) is 6.90. The van der Waals surface area contributed by atoms with Crippen molar-refractivity contribution in [2.24, 2.45) is 0 Å². The Morgan fingerprint density at radius 1 is 1.14 bits per heavy atom. The molecule has 3 heteroatoms. The molecule has 68 valence electrons. The third kappa shape index (κ3) is 0.553. The molecular formula is C11H7NOS. The molecule has 0 aliphatic carbocycles. The van der Waals surface area contributed by atoms with E-state index < -0.39 is 10.0 Å². The van der Waals surface area contributed by atoms with Crippen LogP contribution >= 0.6 is 10.0 Å². The van der Waals surface area contributed by atoms with Crippen LogP contribution in [0.1, 0.15) is 0 Å². The summed E-state index contributed by atoms with van der Waals surface area (Å²) in [6, 6.07) is 6.18. The molecule has 0 radical (unpaired) electrons. The zero-order valence-corrected chi connectivity index (χ0v) is 8.12. The van der Waals surface area contributed by atoms with Crippen LogP contribution in [0.5, 0.6) is 0 Å². The number of hydrogen-bond donors (Lipinski definition) is 0. The minimum Gasteiger partial charge on any atom is -0.432 e. The zero-order chi connectivity index (χ0) is 9.17. The minimum atomic E-state index is -1.12. The highest BCUT2D eigenvalue weighted by Gasteiger charge is 2.38. The molecule has 0 amide bonds. The molecule has 2 aliphatic heterocycles. The fraction of sp³-hybridized carbons (Fsp3) is 0. The van der Waals surface area contributed by atoms with E-state index in [1.807, 2.05) is 12.1 Å². The molecule has 4 rings (SSSR count). The number of aromatic nitrogens is 1. The van der Waals surface area contributed by atoms with E-state index in [-0.39, 0.29) is 0 Å². The van der Waals surface area contributed by atoms with Gasteiger partial charge < -0.3 is 4.42 Å². The number of benzene rings is 1. The second-order valence-electron chi connectivity index (χ2n) is 3.45. The summed E-state index contributed by atoms with van der Waals surface area (Å²) in [5, 5.41) is 5.34. The van der Waals surface area contributed by atoms with E-state index in [1.165, 1.54) is 4.90 Å². The Bertz CT molecular complexity index is 593. The molecule has 0 saturated heterocycles. The van der Waals surface area contributed by atoms with E-state index in [2.05, 4.69) is 34.0 Å². The summed E-state index contributed by atoms with van der Waals surface area (Å²) in [5.74, 6) is 0. The molecule has 0 N–H and O–H groups in total. The van der Waals surface area contributed by atoms with Crippen molar-refractivity contribution in [3.8, 4) is 0 Å². The Balaban J connectivity index is 2.23. The molecule has 2 nitrogen and oxygen atoms in total. The van der Waals surface area contributed by atoms with Gasteiger partial charge in [-0.2, -0.15) is 0 Å². The first-order valence-corrected chi connectivity index (χ1v) is 6.24. The van der Waals surface area contributed by atoms with Crippen LogP contribution in [0.4, 0.5) is 0 Å². The average molecular weight is 201 g/mol. The van der Waals surface area contributed by atoms with E-state index in [0.717, 1.165) is 16.3 Å². The molecule has 2 bridgehead atoms. The van der Waals surface area contributed by atoms with E-state index in [4.69, 9.17) is 4.42 Å². The van der Waals surface area contributed by atoms with Gasteiger partial charge >= 0.3 is 0 Å². The van der Waals surface area contributed by atoms with Gasteiger partial charge in [0.05, 0.1) is 0 Å². The number of fused-ring (bicyclic) bond motifs is 3. The summed E-state index contributed by atoms with van der Waals surface area (Å²) >= 11 is 0. The van der Waals surface area contributed by atoms with Crippen LogP contribution in [0.25, 0.3) is 11.1 Å². The van der Waals surface area contributed by atoms with Crippen molar-refractivity contribution in [2.45, 2.75) is 10.1 Å². The van der Waals surface area contributed by atoms with Crippen molar-refractivity contribution in [1.29, 1.82) is 0 Å². The van der Waals surface area contributed by atoms with Gasteiger partial charge in [-0.25, -0.2) is 4.98 Å². The Hall–Kier alpha value is -1.48. The van der Waals surface area contributed by atoms with Crippen LogP contribution < -0.4 is 0 Å². The van der Waals surface area contributed by atoms with Gasteiger partial charge in [-0.1, -0.05) is 28.2 Å². The topological polar surface area (TPSA) is 26.0 Å². The number of para-hydroxylation sites is 1. The molecule has 2 aromatic rings. The van der Waals surface area contributed by atoms with Gasteiger partial charge in [0.25, 0.3) is 0 Å². The molecular weight excluding hydrogens is 194 g/mol. The molecule has 0 saturated carbocycles. The van der Waals surface area contributed by atoms with Gasteiger partial charge in [0.15, 0.2) is 5.58 Å². The van der Waals surface area contributed by atoms with Gasteiger partial charge in [0.1, 0.15) is 5.52 Å².